The number of imidazole rings is 1. The van der Waals surface area contributed by atoms with E-state index in [1.54, 1.807) is 44.2 Å². The fourth-order valence-corrected chi connectivity index (χ4v) is 5.10. The number of rotatable bonds is 10. The molecule has 0 amide bonds. The van der Waals surface area contributed by atoms with Gasteiger partial charge in [0.05, 0.1) is 32.9 Å². The highest BCUT2D eigenvalue weighted by Gasteiger charge is 2.17. The average molecular weight is 556 g/mol. The number of benzene rings is 3. The molecule has 3 aromatic carbocycles. The molecule has 0 saturated heterocycles. The maximum Gasteiger partial charge on any atom is 0.294 e. The molecule has 0 atom stereocenters. The van der Waals surface area contributed by atoms with Gasteiger partial charge in [0.15, 0.2) is 11.5 Å². The van der Waals surface area contributed by atoms with E-state index < -0.39 is 0 Å². The molecule has 202 valence electrons. The van der Waals surface area contributed by atoms with Crippen molar-refractivity contribution in [3.63, 3.8) is 0 Å². The molecule has 0 aliphatic carbocycles. The fraction of sp³-hybridized carbons (Fsp3) is 0.167. The van der Waals surface area contributed by atoms with Gasteiger partial charge in [-0.1, -0.05) is 36.4 Å². The van der Waals surface area contributed by atoms with Crippen LogP contribution >= 0.6 is 11.3 Å². The van der Waals surface area contributed by atoms with E-state index in [1.807, 2.05) is 54.6 Å². The van der Waals surface area contributed by atoms with E-state index in [0.29, 0.717) is 56.6 Å². The number of fused-ring (bicyclic) bond motifs is 2. The summed E-state index contributed by atoms with van der Waals surface area (Å²) < 4.78 is 30.0. The smallest absolute Gasteiger partial charge is 0.294 e. The number of ketones is 1. The molecule has 10 heteroatoms. The summed E-state index contributed by atoms with van der Waals surface area (Å²) in [7, 11) is 4.76. The van der Waals surface area contributed by atoms with E-state index in [2.05, 4.69) is 10.1 Å². The van der Waals surface area contributed by atoms with E-state index >= 15 is 0 Å². The number of ether oxygens (including phenoxy) is 4. The highest BCUT2D eigenvalue weighted by atomic mass is 32.1. The molecule has 0 saturated carbocycles. The third-order valence-corrected chi connectivity index (χ3v) is 7.29. The van der Waals surface area contributed by atoms with Crippen LogP contribution in [0.1, 0.15) is 21.5 Å². The predicted octanol–water partition coefficient (Wildman–Crippen LogP) is 6.23. The van der Waals surface area contributed by atoms with E-state index in [-0.39, 0.29) is 12.2 Å². The van der Waals surface area contributed by atoms with Crippen molar-refractivity contribution in [3.05, 3.63) is 89.6 Å². The first kappa shape index (κ1) is 25.4. The van der Waals surface area contributed by atoms with Crippen LogP contribution in [0.5, 0.6) is 22.4 Å². The Balaban J connectivity index is 1.22. The third kappa shape index (κ3) is 5.08. The molecule has 6 rings (SSSR count). The van der Waals surface area contributed by atoms with Crippen LogP contribution in [0.15, 0.2) is 77.3 Å². The van der Waals surface area contributed by atoms with Gasteiger partial charge in [-0.3, -0.25) is 4.79 Å². The highest BCUT2D eigenvalue weighted by Crippen LogP contribution is 2.37. The Kier molecular flexibility index (Phi) is 6.83. The van der Waals surface area contributed by atoms with Gasteiger partial charge < -0.3 is 23.4 Å². The number of aromatic nitrogens is 3. The number of hydrogen-bond donors (Lipinski definition) is 0. The van der Waals surface area contributed by atoms with Gasteiger partial charge in [0.2, 0.25) is 4.96 Å². The number of carbonyl (C=O) groups excluding carboxylic acids is 1. The summed E-state index contributed by atoms with van der Waals surface area (Å²) in [6.07, 6.45) is 2.07. The zero-order chi connectivity index (χ0) is 27.6. The Hall–Kier alpha value is -4.83. The number of nitrogens with zero attached hydrogens (tertiary/aromatic N) is 3. The van der Waals surface area contributed by atoms with E-state index in [4.69, 9.17) is 23.4 Å². The Bertz CT molecular complexity index is 1800. The summed E-state index contributed by atoms with van der Waals surface area (Å²) in [4.78, 5) is 18.2. The molecule has 3 heterocycles. The van der Waals surface area contributed by atoms with Crippen molar-refractivity contribution in [2.45, 2.75) is 13.0 Å². The Morgan fingerprint density at radius 2 is 1.75 bits per heavy atom. The SMILES string of the molecule is COc1cccc(C(=O)Cc2cccc(COc3cc(OC)cc4oc(-c5cn6nc(OC)sc6n5)cc34)c2)c1. The molecule has 0 unspecified atom stereocenters. The molecule has 6 aromatic rings. The molecule has 0 spiro atoms. The molecular formula is C30H25N3O6S. The van der Waals surface area contributed by atoms with Crippen molar-refractivity contribution >= 4 is 33.1 Å². The number of furan rings is 1. The van der Waals surface area contributed by atoms with Gasteiger partial charge in [-0.05, 0) is 40.7 Å². The lowest BCUT2D eigenvalue weighted by Gasteiger charge is -2.10. The maximum absolute atomic E-state index is 12.9. The number of carbonyl (C=O) groups is 1. The topological polar surface area (TPSA) is 97.3 Å². The van der Waals surface area contributed by atoms with E-state index in [0.717, 1.165) is 16.5 Å². The van der Waals surface area contributed by atoms with Crippen LogP contribution in [0.3, 0.4) is 0 Å². The zero-order valence-corrected chi connectivity index (χ0v) is 22.9. The standard InChI is InChI=1S/C30H25N3O6S/c1-35-21-9-5-8-20(12-21)25(34)11-18-6-4-7-19(10-18)17-38-26-13-22(36-2)14-27-23(26)15-28(39-27)24-16-33-29(31-24)40-30(32-33)37-3/h4-10,12-16H,11,17H2,1-3H3. The zero-order valence-electron chi connectivity index (χ0n) is 22.0. The normalized spacial score (nSPS) is 11.2. The molecule has 0 aliphatic heterocycles. The minimum Gasteiger partial charge on any atom is -0.497 e. The molecule has 0 aliphatic rings. The molecule has 0 radical (unpaired) electrons. The number of methoxy groups -OCH3 is 3. The second-order valence-electron chi connectivity index (χ2n) is 9.01. The Morgan fingerprint density at radius 1 is 0.925 bits per heavy atom. The first-order chi connectivity index (χ1) is 19.5. The number of hydrogen-bond acceptors (Lipinski definition) is 9. The largest absolute Gasteiger partial charge is 0.497 e. The van der Waals surface area contributed by atoms with Crippen molar-refractivity contribution in [2.24, 2.45) is 0 Å². The lowest BCUT2D eigenvalue weighted by Crippen LogP contribution is -2.05. The molecule has 40 heavy (non-hydrogen) atoms. The van der Waals surface area contributed by atoms with Gasteiger partial charge in [0.25, 0.3) is 5.19 Å². The molecule has 3 aromatic heterocycles. The van der Waals surface area contributed by atoms with Crippen LogP contribution in [0.25, 0.3) is 27.4 Å². The highest BCUT2D eigenvalue weighted by molar-refractivity contribution is 7.18. The number of Topliss-reactive ketones (excluding diaryl/α,β-unsaturated/α-hetero) is 1. The van der Waals surface area contributed by atoms with Crippen molar-refractivity contribution in [2.75, 3.05) is 21.3 Å². The first-order valence-electron chi connectivity index (χ1n) is 12.4. The van der Waals surface area contributed by atoms with Crippen LogP contribution in [-0.4, -0.2) is 41.7 Å². The summed E-state index contributed by atoms with van der Waals surface area (Å²) >= 11 is 1.35. The Labute approximate surface area is 233 Å². The summed E-state index contributed by atoms with van der Waals surface area (Å²) in [6, 6.07) is 20.5. The van der Waals surface area contributed by atoms with Crippen molar-refractivity contribution in [1.29, 1.82) is 0 Å². The fourth-order valence-electron chi connectivity index (χ4n) is 4.40. The summed E-state index contributed by atoms with van der Waals surface area (Å²) in [5.41, 5.74) is 3.72. The van der Waals surface area contributed by atoms with Gasteiger partial charge in [-0.2, -0.15) is 0 Å². The average Bonchev–Trinajstić information content (AvgIpc) is 3.69. The second kappa shape index (κ2) is 10.7. The van der Waals surface area contributed by atoms with Crippen LogP contribution in [0.4, 0.5) is 0 Å². The van der Waals surface area contributed by atoms with Gasteiger partial charge in [0.1, 0.15) is 35.1 Å². The predicted molar refractivity (Wildman–Crippen MR) is 151 cm³/mol. The van der Waals surface area contributed by atoms with Gasteiger partial charge in [-0.15, -0.1) is 5.10 Å². The van der Waals surface area contributed by atoms with Crippen LogP contribution < -0.4 is 18.9 Å². The first-order valence-corrected chi connectivity index (χ1v) is 13.2. The van der Waals surface area contributed by atoms with Crippen LogP contribution in [0, 0.1) is 0 Å². The van der Waals surface area contributed by atoms with E-state index in [9.17, 15) is 4.79 Å². The minimum absolute atomic E-state index is 0.0187. The lowest BCUT2D eigenvalue weighted by molar-refractivity contribution is 0.0992. The molecule has 0 bridgehead atoms. The lowest BCUT2D eigenvalue weighted by atomic mass is 10.0. The van der Waals surface area contributed by atoms with Crippen LogP contribution in [-0.2, 0) is 13.0 Å². The molecule has 9 nitrogen and oxygen atoms in total. The second-order valence-corrected chi connectivity index (χ2v) is 9.93. The molecule has 0 N–H and O–H groups in total. The van der Waals surface area contributed by atoms with Gasteiger partial charge >= 0.3 is 0 Å². The molecule has 0 fully saturated rings. The summed E-state index contributed by atoms with van der Waals surface area (Å²) in [5, 5.41) is 5.66. The van der Waals surface area contributed by atoms with Gasteiger partial charge in [-0.25, -0.2) is 9.50 Å². The third-order valence-electron chi connectivity index (χ3n) is 6.40. The quantitative estimate of drug-likeness (QED) is 0.183. The summed E-state index contributed by atoms with van der Waals surface area (Å²) in [6.45, 7) is 0.299. The van der Waals surface area contributed by atoms with Gasteiger partial charge in [0, 0.05) is 24.1 Å². The van der Waals surface area contributed by atoms with E-state index in [1.165, 1.54) is 11.3 Å². The van der Waals surface area contributed by atoms with Crippen molar-refractivity contribution in [1.82, 2.24) is 14.6 Å². The van der Waals surface area contributed by atoms with Crippen molar-refractivity contribution in [3.8, 4) is 33.9 Å². The minimum atomic E-state index is 0.0187. The van der Waals surface area contributed by atoms with Crippen molar-refractivity contribution < 1.29 is 28.2 Å². The monoisotopic (exact) mass is 555 g/mol. The maximum atomic E-state index is 12.9. The van der Waals surface area contributed by atoms with Crippen LogP contribution in [0.2, 0.25) is 0 Å². The summed E-state index contributed by atoms with van der Waals surface area (Å²) in [5.74, 6) is 2.49. The molecular weight excluding hydrogens is 530 g/mol. The Morgan fingerprint density at radius 3 is 2.55 bits per heavy atom.